The molecular weight excluding hydrogens is 394 g/mol. The fourth-order valence-corrected chi connectivity index (χ4v) is 5.31. The van der Waals surface area contributed by atoms with E-state index < -0.39 is 6.10 Å². The number of nitrogens with zero attached hydrogens (tertiary/aromatic N) is 3. The highest BCUT2D eigenvalue weighted by atomic mass is 16.3. The Kier molecular flexibility index (Phi) is 4.80. The lowest BCUT2D eigenvalue weighted by Gasteiger charge is -2.21. The van der Waals surface area contributed by atoms with Crippen LogP contribution >= 0.6 is 0 Å². The van der Waals surface area contributed by atoms with E-state index in [0.717, 1.165) is 36.1 Å². The Balaban J connectivity index is 1.38. The van der Waals surface area contributed by atoms with Gasteiger partial charge >= 0.3 is 0 Å². The van der Waals surface area contributed by atoms with E-state index in [-0.39, 0.29) is 0 Å². The number of aromatic nitrogens is 3. The molecule has 0 radical (unpaired) electrons. The molecule has 0 spiro atoms. The minimum absolute atomic E-state index is 0.410. The maximum atomic E-state index is 11.3. The summed E-state index contributed by atoms with van der Waals surface area (Å²) in [6.07, 6.45) is 7.24. The second kappa shape index (κ2) is 7.95. The van der Waals surface area contributed by atoms with Crippen LogP contribution in [-0.2, 0) is 13.1 Å². The van der Waals surface area contributed by atoms with Gasteiger partial charge in [-0.15, -0.1) is 0 Å². The van der Waals surface area contributed by atoms with Crippen LogP contribution in [0.3, 0.4) is 0 Å². The highest BCUT2D eigenvalue weighted by Gasteiger charge is 2.22. The molecule has 32 heavy (non-hydrogen) atoms. The SMILES string of the molecule is O[C@H](Cn1c([C@@H]2CC=CCC2)nc2ccccc21)Cn1c2ccccc2c2ccccc21. The molecule has 5 aromatic rings. The number of imidazole rings is 1. The minimum Gasteiger partial charge on any atom is -0.389 e. The van der Waals surface area contributed by atoms with E-state index in [0.29, 0.717) is 19.0 Å². The van der Waals surface area contributed by atoms with Crippen LogP contribution in [0.5, 0.6) is 0 Å². The van der Waals surface area contributed by atoms with Gasteiger partial charge in [-0.05, 0) is 43.5 Å². The molecule has 4 heteroatoms. The van der Waals surface area contributed by atoms with E-state index >= 15 is 0 Å². The van der Waals surface area contributed by atoms with Gasteiger partial charge in [-0.25, -0.2) is 4.98 Å². The summed E-state index contributed by atoms with van der Waals surface area (Å²) in [4.78, 5) is 5.00. The van der Waals surface area contributed by atoms with Crippen LogP contribution in [0.25, 0.3) is 32.8 Å². The Morgan fingerprint density at radius 2 is 1.41 bits per heavy atom. The number of allylic oxidation sites excluding steroid dienone is 2. The van der Waals surface area contributed by atoms with Crippen LogP contribution in [0.1, 0.15) is 31.0 Å². The van der Waals surface area contributed by atoms with Crippen molar-refractivity contribution >= 4 is 32.8 Å². The summed E-state index contributed by atoms with van der Waals surface area (Å²) < 4.78 is 4.52. The van der Waals surface area contributed by atoms with E-state index in [1.165, 1.54) is 21.8 Å². The molecule has 3 aromatic carbocycles. The summed E-state index contributed by atoms with van der Waals surface area (Å²) in [5.41, 5.74) is 4.46. The second-order valence-electron chi connectivity index (χ2n) is 8.85. The minimum atomic E-state index is -0.523. The third-order valence-corrected chi connectivity index (χ3v) is 6.78. The zero-order valence-electron chi connectivity index (χ0n) is 18.1. The van der Waals surface area contributed by atoms with Crippen molar-refractivity contribution in [2.45, 2.75) is 44.4 Å². The Bertz CT molecular complexity index is 1390. The molecule has 0 fully saturated rings. The zero-order valence-corrected chi connectivity index (χ0v) is 18.1. The number of para-hydroxylation sites is 4. The molecule has 0 saturated carbocycles. The first kappa shape index (κ1) is 19.3. The van der Waals surface area contributed by atoms with Gasteiger partial charge in [0.1, 0.15) is 5.82 Å². The van der Waals surface area contributed by atoms with Gasteiger partial charge in [0.15, 0.2) is 0 Å². The molecule has 0 amide bonds. The summed E-state index contributed by atoms with van der Waals surface area (Å²) in [5, 5.41) is 13.8. The van der Waals surface area contributed by atoms with Crippen LogP contribution in [0.15, 0.2) is 84.9 Å². The predicted molar refractivity (Wildman–Crippen MR) is 131 cm³/mol. The van der Waals surface area contributed by atoms with Crippen molar-refractivity contribution in [1.29, 1.82) is 0 Å². The number of aliphatic hydroxyl groups is 1. The summed E-state index contributed by atoms with van der Waals surface area (Å²) in [5.74, 6) is 1.52. The fourth-order valence-electron chi connectivity index (χ4n) is 5.31. The Morgan fingerprint density at radius 3 is 2.09 bits per heavy atom. The van der Waals surface area contributed by atoms with Gasteiger partial charge < -0.3 is 14.2 Å². The molecule has 2 aromatic heterocycles. The van der Waals surface area contributed by atoms with Gasteiger partial charge in [-0.2, -0.15) is 0 Å². The number of hydrogen-bond donors (Lipinski definition) is 1. The largest absolute Gasteiger partial charge is 0.389 e. The molecular formula is C28H27N3O. The predicted octanol–water partition coefficient (Wildman–Crippen LogP) is 6.03. The fraction of sp³-hybridized carbons (Fsp3) is 0.250. The molecule has 0 saturated heterocycles. The van der Waals surface area contributed by atoms with Crippen LogP contribution in [-0.4, -0.2) is 25.3 Å². The van der Waals surface area contributed by atoms with E-state index in [4.69, 9.17) is 4.98 Å². The zero-order chi connectivity index (χ0) is 21.5. The molecule has 1 aliphatic carbocycles. The van der Waals surface area contributed by atoms with Crippen LogP contribution < -0.4 is 0 Å². The molecule has 0 bridgehead atoms. The summed E-state index contributed by atoms with van der Waals surface area (Å²) >= 11 is 0. The first-order chi connectivity index (χ1) is 15.8. The van der Waals surface area contributed by atoms with Crippen molar-refractivity contribution < 1.29 is 5.11 Å². The smallest absolute Gasteiger partial charge is 0.113 e. The normalized spacial score (nSPS) is 17.5. The van der Waals surface area contributed by atoms with Crippen LogP contribution in [0.4, 0.5) is 0 Å². The molecule has 4 nitrogen and oxygen atoms in total. The number of fused-ring (bicyclic) bond motifs is 4. The molecule has 0 aliphatic heterocycles. The molecule has 6 rings (SSSR count). The lowest BCUT2D eigenvalue weighted by Crippen LogP contribution is -2.24. The van der Waals surface area contributed by atoms with E-state index in [1.54, 1.807) is 0 Å². The third kappa shape index (κ3) is 3.23. The summed E-state index contributed by atoms with van der Waals surface area (Å²) in [6, 6.07) is 25.2. The van der Waals surface area contributed by atoms with Gasteiger partial charge in [0.25, 0.3) is 0 Å². The molecule has 0 unspecified atom stereocenters. The van der Waals surface area contributed by atoms with Gasteiger partial charge in [0.05, 0.1) is 30.2 Å². The lowest BCUT2D eigenvalue weighted by atomic mass is 9.93. The van der Waals surface area contributed by atoms with Gasteiger partial charge in [-0.1, -0.05) is 60.7 Å². The number of benzene rings is 3. The molecule has 1 aliphatic rings. The number of aliphatic hydroxyl groups excluding tert-OH is 1. The molecule has 2 atom stereocenters. The second-order valence-corrected chi connectivity index (χ2v) is 8.85. The standard InChI is InChI=1S/C28H27N3O/c32-21(18-30-25-15-7-4-12-22(25)23-13-5-8-16-26(23)30)19-31-27-17-9-6-14-24(27)29-28(31)20-10-2-1-3-11-20/h1-2,4-9,12-17,20-21,32H,3,10-11,18-19H2/t20-,21+/m1/s1. The van der Waals surface area contributed by atoms with Crippen LogP contribution in [0.2, 0.25) is 0 Å². The Labute approximate surface area is 187 Å². The Hall–Kier alpha value is -3.37. The topological polar surface area (TPSA) is 43.0 Å². The van der Waals surface area contributed by atoms with Gasteiger partial charge in [-0.3, -0.25) is 0 Å². The number of rotatable bonds is 5. The first-order valence-electron chi connectivity index (χ1n) is 11.5. The molecule has 2 heterocycles. The lowest BCUT2D eigenvalue weighted by molar-refractivity contribution is 0.137. The number of hydrogen-bond acceptors (Lipinski definition) is 2. The average molecular weight is 422 g/mol. The van der Waals surface area contributed by atoms with Gasteiger partial charge in [0.2, 0.25) is 0 Å². The first-order valence-corrected chi connectivity index (χ1v) is 11.5. The maximum absolute atomic E-state index is 11.3. The van der Waals surface area contributed by atoms with Crippen molar-refractivity contribution in [3.8, 4) is 0 Å². The van der Waals surface area contributed by atoms with Crippen LogP contribution in [0, 0.1) is 0 Å². The quantitative estimate of drug-likeness (QED) is 0.352. The maximum Gasteiger partial charge on any atom is 0.113 e. The van der Waals surface area contributed by atoms with E-state index in [1.807, 2.05) is 6.07 Å². The van der Waals surface area contributed by atoms with E-state index in [9.17, 15) is 5.11 Å². The van der Waals surface area contributed by atoms with E-state index in [2.05, 4.69) is 88.0 Å². The monoisotopic (exact) mass is 421 g/mol. The van der Waals surface area contributed by atoms with Crippen molar-refractivity contribution in [2.75, 3.05) is 0 Å². The summed E-state index contributed by atoms with van der Waals surface area (Å²) in [6.45, 7) is 1.08. The average Bonchev–Trinajstić information content (AvgIpc) is 3.36. The summed E-state index contributed by atoms with van der Waals surface area (Å²) in [7, 11) is 0. The Morgan fingerprint density at radius 1 is 0.781 bits per heavy atom. The van der Waals surface area contributed by atoms with Crippen molar-refractivity contribution in [3.63, 3.8) is 0 Å². The van der Waals surface area contributed by atoms with Crippen molar-refractivity contribution in [2.24, 2.45) is 0 Å². The highest BCUT2D eigenvalue weighted by molar-refractivity contribution is 6.07. The van der Waals surface area contributed by atoms with Gasteiger partial charge in [0, 0.05) is 27.7 Å². The third-order valence-electron chi connectivity index (χ3n) is 6.78. The van der Waals surface area contributed by atoms with Crippen molar-refractivity contribution in [3.05, 3.63) is 90.8 Å². The van der Waals surface area contributed by atoms with Crippen molar-refractivity contribution in [1.82, 2.24) is 14.1 Å². The molecule has 160 valence electrons. The highest BCUT2D eigenvalue weighted by Crippen LogP contribution is 2.32. The molecule has 1 N–H and O–H groups in total.